The van der Waals surface area contributed by atoms with Crippen LogP contribution in [-0.4, -0.2) is 185 Å². The molecule has 86 heavy (non-hydrogen) atoms. The van der Waals surface area contributed by atoms with Gasteiger partial charge in [0.1, 0.15) is 52.6 Å². The smallest absolute Gasteiger partial charge is 0.354 e. The van der Waals surface area contributed by atoms with E-state index in [0.29, 0.717) is 12.0 Å². The van der Waals surface area contributed by atoms with Crippen molar-refractivity contribution in [1.82, 2.24) is 15.6 Å². The van der Waals surface area contributed by atoms with Crippen LogP contribution in [-0.2, 0) is 41.4 Å². The predicted octanol–water partition coefficient (Wildman–Crippen LogP) is -1.71. The first-order valence-corrected chi connectivity index (χ1v) is 27.6. The zero-order valence-electron chi connectivity index (χ0n) is 45.3. The number of H-pyrrole nitrogens is 1. The molecule has 17 N–H and O–H groups in total. The average molecular weight is 1190 g/mol. The molecule has 2 aromatic heterocycles. The van der Waals surface area contributed by atoms with Crippen molar-refractivity contribution >= 4 is 28.7 Å². The van der Waals surface area contributed by atoms with Crippen LogP contribution in [0.2, 0.25) is 0 Å². The summed E-state index contributed by atoms with van der Waals surface area (Å²) >= 11 is 0. The van der Waals surface area contributed by atoms with Crippen LogP contribution in [0.15, 0.2) is 93.0 Å². The van der Waals surface area contributed by atoms with Gasteiger partial charge in [-0.2, -0.15) is 0 Å². The normalized spacial score (nSPS) is 34.0. The van der Waals surface area contributed by atoms with E-state index in [0.717, 1.165) is 30.2 Å². The Morgan fingerprint density at radius 2 is 1.69 bits per heavy atom. The number of aliphatic hydroxyl groups is 10. The monoisotopic (exact) mass is 1190 g/mol. The number of allylic oxidation sites excluding steroid dienone is 4. The lowest BCUT2D eigenvalue weighted by molar-refractivity contribution is -0.434. The molecule has 3 fully saturated rings. The molecule has 9 heterocycles. The zero-order valence-corrected chi connectivity index (χ0v) is 45.3. The highest BCUT2D eigenvalue weighted by atomic mass is 16.8. The van der Waals surface area contributed by atoms with Gasteiger partial charge < -0.3 is 105 Å². The lowest BCUT2D eigenvalue weighted by Crippen LogP contribution is -2.81. The number of phenols is 3. The Labute approximate surface area is 486 Å². The predicted molar refractivity (Wildman–Crippen MR) is 290 cm³/mol. The number of ether oxygens (including phenoxy) is 4. The first-order chi connectivity index (χ1) is 40.9. The Hall–Kier alpha value is -7.90. The number of carbonyl (C=O) groups excluding carboxylic acids is 2. The van der Waals surface area contributed by atoms with Gasteiger partial charge in [0, 0.05) is 109 Å². The Kier molecular flexibility index (Phi) is 14.2. The highest BCUT2D eigenvalue weighted by Crippen LogP contribution is 2.58. The molecule has 2 aromatic carbocycles. The minimum Gasteiger partial charge on any atom is -0.507 e. The van der Waals surface area contributed by atoms with Gasteiger partial charge >= 0.3 is 11.9 Å². The van der Waals surface area contributed by atoms with Crippen LogP contribution in [0.4, 0.5) is 0 Å². The van der Waals surface area contributed by atoms with E-state index < -0.39 is 179 Å². The fraction of sp³-hybridized carbons (Fsp3) is 0.433. The Bertz CT molecular complexity index is 3860. The minimum absolute atomic E-state index is 0.00119. The van der Waals surface area contributed by atoms with Crippen LogP contribution in [0.5, 0.6) is 23.0 Å². The average Bonchev–Trinajstić information content (AvgIpc) is 1.23. The van der Waals surface area contributed by atoms with Crippen molar-refractivity contribution in [3.63, 3.8) is 0 Å². The quantitative estimate of drug-likeness (QED) is 0.0261. The Morgan fingerprint density at radius 3 is 2.43 bits per heavy atom. The SMILES string of the molecule is O=C(CO)C[C@@H](CO)C[C@]12OC(=O)[C@@]3(CC#C[C@](C(=O)O)(O1)C(O)(O)[C@H](O)[C@H]2O)O[C@@]12Oc4cc5oc(-c6cc(O)c(O)c(CCO)c6)cc(=O)c5c(O)c4[C@H](C4=CNC5N[C@@H]6C=CC[C@@H](C6)C5=C4)C=C1Cc1[nH]ccc1C#CC[C@]3(O)[C@H](O)[C@H]2O. The molecule has 0 radical (unpaired) electrons. The zero-order chi connectivity index (χ0) is 61.2. The molecule has 13 rings (SSSR count). The van der Waals surface area contributed by atoms with Crippen molar-refractivity contribution in [2.24, 2.45) is 11.8 Å². The van der Waals surface area contributed by atoms with Crippen LogP contribution >= 0.6 is 0 Å². The number of Topliss-reactive ketones (excluding diaryl/α,β-unsaturated/α-hetero) is 1. The fourth-order valence-electron chi connectivity index (χ4n) is 13.4. The van der Waals surface area contributed by atoms with E-state index in [1.54, 1.807) is 12.3 Å². The van der Waals surface area contributed by atoms with Gasteiger partial charge in [-0.3, -0.25) is 14.9 Å². The molecule has 6 bridgehead atoms. The van der Waals surface area contributed by atoms with E-state index >= 15 is 4.79 Å². The first-order valence-electron chi connectivity index (χ1n) is 27.6. The third kappa shape index (κ3) is 8.70. The van der Waals surface area contributed by atoms with E-state index in [1.165, 1.54) is 18.3 Å². The number of hydrogen-bond donors (Lipinski definition) is 17. The number of phenolic OH excluding ortho intramolecular Hbond substituents is 3. The summed E-state index contributed by atoms with van der Waals surface area (Å²) in [6, 6.07) is 6.14. The largest absolute Gasteiger partial charge is 0.507 e. The number of rotatable bonds is 11. The number of ketones is 1. The Morgan fingerprint density at radius 1 is 0.895 bits per heavy atom. The van der Waals surface area contributed by atoms with Gasteiger partial charge in [0.05, 0.1) is 12.6 Å². The molecule has 14 atom stereocenters. The molecule has 452 valence electrons. The summed E-state index contributed by atoms with van der Waals surface area (Å²) in [7, 11) is 0. The number of piperidine rings is 1. The van der Waals surface area contributed by atoms with Gasteiger partial charge in [-0.1, -0.05) is 42.1 Å². The molecule has 7 aliphatic heterocycles. The summed E-state index contributed by atoms with van der Waals surface area (Å²) in [6.07, 6.45) is -4.81. The van der Waals surface area contributed by atoms with Gasteiger partial charge in [0.2, 0.25) is 17.2 Å². The summed E-state index contributed by atoms with van der Waals surface area (Å²) in [5.74, 6) is -11.7. The van der Waals surface area contributed by atoms with E-state index in [4.69, 9.17) is 23.4 Å². The second kappa shape index (κ2) is 20.9. The van der Waals surface area contributed by atoms with Gasteiger partial charge in [0.15, 0.2) is 34.9 Å². The number of dihydropyridines is 1. The van der Waals surface area contributed by atoms with Gasteiger partial charge in [0.25, 0.3) is 11.4 Å². The number of aromatic nitrogens is 1. The maximum atomic E-state index is 16.1. The van der Waals surface area contributed by atoms with Gasteiger partial charge in [-0.05, 0) is 66.4 Å². The topological polar surface area (TPSA) is 441 Å². The number of aliphatic hydroxyl groups excluding tert-OH is 7. The second-order valence-electron chi connectivity index (χ2n) is 23.0. The Balaban J connectivity index is 1.13. The number of aromatic hydroxyl groups is 3. The molecule has 3 saturated heterocycles. The summed E-state index contributed by atoms with van der Waals surface area (Å²) in [5.41, 5.74) is -10.5. The molecular weight excluding hydrogens is 1130 g/mol. The molecule has 26 nitrogen and oxygen atoms in total. The molecule has 9 aliphatic rings. The number of esters is 1. The molecule has 2 aliphatic carbocycles. The second-order valence-corrected chi connectivity index (χ2v) is 23.0. The first kappa shape index (κ1) is 58.5. The van der Waals surface area contributed by atoms with Crippen LogP contribution in [0.1, 0.15) is 66.8 Å². The van der Waals surface area contributed by atoms with Crippen LogP contribution in [0, 0.1) is 35.5 Å². The highest BCUT2D eigenvalue weighted by Gasteiger charge is 2.78. The standard InChI is InChI=1S/C60H59N3O23/c64-13-8-30-15-31(18-40(69)46(30)70)41-21-39(68)45-42(82-41)22-43-44(47(45)71)36(32-17-37-29-4-1-6-34(16-29)63-52(37)62-24-32)19-33-20-38-28(7-12-61-38)5-2-9-55(79)48(72)50(74)59(33,83-43)86-57(55)11-3-10-56(53(76)77)60(80,81)51(75)49(73)58(85-56,84-54(57)78)23-27(25-65)14-35(67)26-66/h1,6-7,12,15,17-19,21-22,24,27,29,34,36,48-52,61-66,69-75,79-81H,4,8-9,11,13-14,16,20,23,25-26H2,(H,76,77)/t27-,29+,34-,36+,48-,49-,50-,51-,52?,55+,56-,57-,58+,59+/m1/s1. The van der Waals surface area contributed by atoms with Gasteiger partial charge in [-0.25, -0.2) is 9.59 Å². The fourth-order valence-corrected chi connectivity index (χ4v) is 13.4. The van der Waals surface area contributed by atoms with E-state index in [-0.39, 0.29) is 63.8 Å². The van der Waals surface area contributed by atoms with Crippen molar-refractivity contribution in [3.8, 4) is 58.0 Å². The van der Waals surface area contributed by atoms with Crippen LogP contribution in [0.3, 0.4) is 0 Å². The minimum atomic E-state index is -4.12. The summed E-state index contributed by atoms with van der Waals surface area (Å²) in [6.45, 7) is -2.62. The number of benzene rings is 2. The van der Waals surface area contributed by atoms with Crippen molar-refractivity contribution in [1.29, 1.82) is 0 Å². The van der Waals surface area contributed by atoms with E-state index in [9.17, 15) is 85.9 Å². The number of aliphatic carboxylic acids is 1. The molecule has 26 heteroatoms. The number of nitrogens with one attached hydrogen (secondary N) is 3. The van der Waals surface area contributed by atoms with E-state index in [1.807, 2.05) is 12.0 Å². The maximum Gasteiger partial charge on any atom is 0.354 e. The molecular formula is C60H59N3O23. The maximum absolute atomic E-state index is 16.1. The third-order valence-electron chi connectivity index (χ3n) is 17.9. The van der Waals surface area contributed by atoms with Crippen molar-refractivity contribution in [2.75, 3.05) is 19.8 Å². The van der Waals surface area contributed by atoms with Crippen molar-refractivity contribution in [3.05, 3.63) is 116 Å². The van der Waals surface area contributed by atoms with Crippen molar-refractivity contribution in [2.45, 2.75) is 128 Å². The van der Waals surface area contributed by atoms with Crippen molar-refractivity contribution < 1.29 is 109 Å². The molecule has 0 amide bonds. The molecule has 2 spiro atoms. The number of hydrogen-bond acceptors (Lipinski definition) is 24. The number of aromatic amines is 1. The van der Waals surface area contributed by atoms with Gasteiger partial charge in [-0.15, -0.1) is 0 Å². The lowest BCUT2D eigenvalue weighted by Gasteiger charge is -2.58. The summed E-state index contributed by atoms with van der Waals surface area (Å²) < 4.78 is 32.2. The highest BCUT2D eigenvalue weighted by molar-refractivity contribution is 5.90. The number of carboxylic acid groups (broad SMARTS) is 1. The van der Waals surface area contributed by atoms with Crippen LogP contribution in [0.25, 0.3) is 22.3 Å². The molecule has 1 unspecified atom stereocenters. The summed E-state index contributed by atoms with van der Waals surface area (Å²) in [4.78, 5) is 60.1. The van der Waals surface area contributed by atoms with Crippen LogP contribution < -0.4 is 20.8 Å². The third-order valence-corrected chi connectivity index (χ3v) is 17.9. The lowest BCUT2D eigenvalue weighted by atomic mass is 9.67. The number of carboxylic acids is 1. The molecule has 4 aromatic rings. The molecule has 0 saturated carbocycles. The number of fused-ring (bicyclic) bond motifs is 10. The number of carbonyl (C=O) groups is 3. The van der Waals surface area contributed by atoms with E-state index in [2.05, 4.69) is 45.5 Å². The summed E-state index contributed by atoms with van der Waals surface area (Å²) in [5, 5.41) is 168.